The highest BCUT2D eigenvalue weighted by Gasteiger charge is 2.26. The predicted molar refractivity (Wildman–Crippen MR) is 87.8 cm³/mol. The van der Waals surface area contributed by atoms with Crippen molar-refractivity contribution in [2.45, 2.75) is 53.0 Å². The van der Waals surface area contributed by atoms with Gasteiger partial charge >= 0.3 is 0 Å². The van der Waals surface area contributed by atoms with E-state index in [1.165, 1.54) is 5.69 Å². The summed E-state index contributed by atoms with van der Waals surface area (Å²) >= 11 is 1.56. The maximum Gasteiger partial charge on any atom is 0.251 e. The van der Waals surface area contributed by atoms with Crippen LogP contribution < -0.4 is 5.73 Å². The van der Waals surface area contributed by atoms with Crippen LogP contribution in [0.3, 0.4) is 0 Å². The third kappa shape index (κ3) is 2.88. The highest BCUT2D eigenvalue weighted by atomic mass is 32.1. The molecule has 5 heteroatoms. The number of hydrogen-bond acceptors (Lipinski definition) is 3. The lowest BCUT2D eigenvalue weighted by Crippen LogP contribution is -2.14. The Labute approximate surface area is 130 Å². The molecule has 0 aliphatic carbocycles. The van der Waals surface area contributed by atoms with Crippen molar-refractivity contribution in [1.29, 1.82) is 0 Å². The quantitative estimate of drug-likeness (QED) is 0.878. The highest BCUT2D eigenvalue weighted by Crippen LogP contribution is 2.36. The molecule has 2 aromatic rings. The number of carbonyl (C=O) groups is 1. The van der Waals surface area contributed by atoms with Gasteiger partial charge in [-0.2, -0.15) is 0 Å². The zero-order chi connectivity index (χ0) is 15.6. The normalized spacial score (nSPS) is 11.3. The van der Waals surface area contributed by atoms with E-state index in [4.69, 9.17) is 5.73 Å². The van der Waals surface area contributed by atoms with Crippen LogP contribution in [0.2, 0.25) is 0 Å². The lowest BCUT2D eigenvalue weighted by Gasteiger charge is -2.16. The first-order valence-corrected chi connectivity index (χ1v) is 8.30. The maximum atomic E-state index is 12.0. The average molecular weight is 305 g/mol. The maximum absolute atomic E-state index is 12.0. The van der Waals surface area contributed by atoms with Gasteiger partial charge in [-0.3, -0.25) is 4.79 Å². The number of primary amides is 1. The van der Waals surface area contributed by atoms with Crippen LogP contribution in [-0.2, 0) is 6.42 Å². The number of nitrogens with two attached hydrogens (primary N) is 1. The second-order valence-electron chi connectivity index (χ2n) is 5.55. The fourth-order valence-electron chi connectivity index (χ4n) is 2.94. The number of aromatic nitrogens is 2. The predicted octanol–water partition coefficient (Wildman–Crippen LogP) is 3.94. The molecule has 0 aliphatic heterocycles. The van der Waals surface area contributed by atoms with Crippen LogP contribution in [-0.4, -0.2) is 15.5 Å². The van der Waals surface area contributed by atoms with Crippen molar-refractivity contribution >= 4 is 17.2 Å². The van der Waals surface area contributed by atoms with Gasteiger partial charge in [-0.15, -0.1) is 11.3 Å². The Balaban J connectivity index is 2.74. The molecule has 21 heavy (non-hydrogen) atoms. The van der Waals surface area contributed by atoms with Gasteiger partial charge in [0.25, 0.3) is 5.91 Å². The van der Waals surface area contributed by atoms with E-state index < -0.39 is 0 Å². The van der Waals surface area contributed by atoms with Crippen molar-refractivity contribution in [3.63, 3.8) is 0 Å². The second kappa shape index (κ2) is 6.43. The lowest BCUT2D eigenvalue weighted by atomic mass is 10.1. The summed E-state index contributed by atoms with van der Waals surface area (Å²) in [6, 6.07) is 0.295. The van der Waals surface area contributed by atoms with Crippen LogP contribution >= 0.6 is 11.3 Å². The number of thiazole rings is 1. The van der Waals surface area contributed by atoms with Gasteiger partial charge in [-0.05, 0) is 33.6 Å². The number of amides is 1. The van der Waals surface area contributed by atoms with Crippen LogP contribution in [0.25, 0.3) is 10.6 Å². The molecule has 2 N–H and O–H groups in total. The summed E-state index contributed by atoms with van der Waals surface area (Å²) < 4.78 is 2.24. The van der Waals surface area contributed by atoms with Crippen molar-refractivity contribution < 1.29 is 4.79 Å². The Morgan fingerprint density at radius 2 is 2.19 bits per heavy atom. The number of rotatable bonds is 6. The van der Waals surface area contributed by atoms with E-state index in [9.17, 15) is 4.79 Å². The first kappa shape index (κ1) is 15.8. The molecule has 0 saturated heterocycles. The highest BCUT2D eigenvalue weighted by molar-refractivity contribution is 7.13. The van der Waals surface area contributed by atoms with Crippen molar-refractivity contribution in [3.8, 4) is 10.6 Å². The van der Waals surface area contributed by atoms with E-state index in [0.717, 1.165) is 35.5 Å². The van der Waals surface area contributed by atoms with Crippen molar-refractivity contribution in [3.05, 3.63) is 28.5 Å². The van der Waals surface area contributed by atoms with Crippen LogP contribution in [0.5, 0.6) is 0 Å². The third-order valence-electron chi connectivity index (χ3n) is 3.73. The average Bonchev–Trinajstić information content (AvgIpc) is 3.01. The number of nitrogens with zero attached hydrogens (tertiary/aromatic N) is 2. The van der Waals surface area contributed by atoms with E-state index in [2.05, 4.69) is 30.3 Å². The van der Waals surface area contributed by atoms with E-state index in [1.54, 1.807) is 17.5 Å². The van der Waals surface area contributed by atoms with Gasteiger partial charge < -0.3 is 10.3 Å². The molecule has 0 radical (unpaired) electrons. The van der Waals surface area contributed by atoms with Gasteiger partial charge in [0.1, 0.15) is 5.01 Å². The molecule has 0 fully saturated rings. The number of unbranched alkanes of at least 4 members (excludes halogenated alkanes) is 1. The lowest BCUT2D eigenvalue weighted by molar-refractivity contribution is 0.1000. The largest absolute Gasteiger partial charge is 0.366 e. The van der Waals surface area contributed by atoms with E-state index in [1.807, 2.05) is 12.3 Å². The summed E-state index contributed by atoms with van der Waals surface area (Å²) in [5, 5.41) is 2.82. The summed E-state index contributed by atoms with van der Waals surface area (Å²) in [4.78, 5) is 16.4. The van der Waals surface area contributed by atoms with Crippen LogP contribution in [0.4, 0.5) is 0 Å². The summed E-state index contributed by atoms with van der Waals surface area (Å²) in [6.45, 7) is 8.43. The minimum absolute atomic E-state index is 0.295. The molecule has 0 bridgehead atoms. The Kier molecular flexibility index (Phi) is 4.83. The standard InChI is InChI=1S/C16H23N3OS/c1-5-6-7-12-14(16-18-8-9-21-16)13(15(17)20)11(4)19(12)10(2)3/h8-10H,5-7H2,1-4H3,(H2,17,20). The zero-order valence-corrected chi connectivity index (χ0v) is 14.0. The van der Waals surface area contributed by atoms with Crippen molar-refractivity contribution in [2.75, 3.05) is 0 Å². The van der Waals surface area contributed by atoms with Gasteiger partial charge in [-0.1, -0.05) is 13.3 Å². The van der Waals surface area contributed by atoms with Gasteiger partial charge in [0.05, 0.1) is 5.56 Å². The van der Waals surface area contributed by atoms with Crippen molar-refractivity contribution in [1.82, 2.24) is 9.55 Å². The fraction of sp³-hybridized carbons (Fsp3) is 0.500. The molecule has 0 aliphatic rings. The summed E-state index contributed by atoms with van der Waals surface area (Å²) in [5.74, 6) is -0.366. The molecular formula is C16H23N3OS. The van der Waals surface area contributed by atoms with Crippen LogP contribution in [0.15, 0.2) is 11.6 Å². The Morgan fingerprint density at radius 1 is 1.48 bits per heavy atom. The Hall–Kier alpha value is -1.62. The molecule has 1 amide bonds. The monoisotopic (exact) mass is 305 g/mol. The van der Waals surface area contributed by atoms with Gasteiger partial charge in [0.2, 0.25) is 0 Å². The zero-order valence-electron chi connectivity index (χ0n) is 13.1. The second-order valence-corrected chi connectivity index (χ2v) is 6.45. The molecule has 2 heterocycles. The molecule has 4 nitrogen and oxygen atoms in total. The minimum Gasteiger partial charge on any atom is -0.366 e. The minimum atomic E-state index is -0.366. The first-order valence-electron chi connectivity index (χ1n) is 7.42. The Bertz CT molecular complexity index is 626. The topological polar surface area (TPSA) is 60.9 Å². The number of hydrogen-bond donors (Lipinski definition) is 1. The van der Waals surface area contributed by atoms with Gasteiger partial charge in [0.15, 0.2) is 0 Å². The SMILES string of the molecule is CCCCc1c(-c2nccs2)c(C(N)=O)c(C)n1C(C)C. The van der Waals surface area contributed by atoms with Gasteiger partial charge in [-0.25, -0.2) is 4.98 Å². The van der Waals surface area contributed by atoms with E-state index in [-0.39, 0.29) is 5.91 Å². The van der Waals surface area contributed by atoms with Gasteiger partial charge in [0, 0.05) is 34.6 Å². The van der Waals surface area contributed by atoms with E-state index >= 15 is 0 Å². The van der Waals surface area contributed by atoms with Crippen LogP contribution in [0, 0.1) is 6.92 Å². The molecule has 2 rings (SSSR count). The molecule has 0 unspecified atom stereocenters. The molecular weight excluding hydrogens is 282 g/mol. The third-order valence-corrected chi connectivity index (χ3v) is 4.52. The fourth-order valence-corrected chi connectivity index (χ4v) is 3.65. The van der Waals surface area contributed by atoms with Crippen LogP contribution in [0.1, 0.15) is 61.4 Å². The van der Waals surface area contributed by atoms with Crippen molar-refractivity contribution in [2.24, 2.45) is 5.73 Å². The summed E-state index contributed by atoms with van der Waals surface area (Å²) in [6.07, 6.45) is 4.92. The molecule has 0 aromatic carbocycles. The molecule has 0 atom stereocenters. The molecule has 0 spiro atoms. The molecule has 2 aromatic heterocycles. The number of carbonyl (C=O) groups excluding carboxylic acids is 1. The summed E-state index contributed by atoms with van der Waals surface area (Å²) in [5.41, 5.74) is 9.37. The van der Waals surface area contributed by atoms with E-state index in [0.29, 0.717) is 11.6 Å². The summed E-state index contributed by atoms with van der Waals surface area (Å²) in [7, 11) is 0. The molecule has 0 saturated carbocycles. The molecule has 114 valence electrons. The Morgan fingerprint density at radius 3 is 2.67 bits per heavy atom. The smallest absolute Gasteiger partial charge is 0.251 e. The first-order chi connectivity index (χ1) is 9.99.